The quantitative estimate of drug-likeness (QED) is 0.416. The number of carbonyl (C=O) groups is 1. The van der Waals surface area contributed by atoms with Crippen LogP contribution in [0.15, 0.2) is 47.2 Å². The highest BCUT2D eigenvalue weighted by Crippen LogP contribution is 2.41. The zero-order chi connectivity index (χ0) is 23.3. The second kappa shape index (κ2) is 8.10. The van der Waals surface area contributed by atoms with E-state index in [1.807, 2.05) is 18.7 Å². The van der Waals surface area contributed by atoms with Crippen molar-refractivity contribution in [2.45, 2.75) is 45.2 Å². The Morgan fingerprint density at radius 1 is 1.15 bits per heavy atom. The van der Waals surface area contributed by atoms with E-state index in [9.17, 15) is 13.6 Å². The number of aromatic nitrogens is 3. The van der Waals surface area contributed by atoms with Gasteiger partial charge in [0.25, 0.3) is 5.91 Å². The molecule has 33 heavy (non-hydrogen) atoms. The topological polar surface area (TPSA) is 64.2 Å². The van der Waals surface area contributed by atoms with Gasteiger partial charge >= 0.3 is 0 Å². The Bertz CT molecular complexity index is 1340. The summed E-state index contributed by atoms with van der Waals surface area (Å²) in [6, 6.07) is 6.60. The molecule has 8 heteroatoms. The van der Waals surface area contributed by atoms with E-state index >= 15 is 0 Å². The van der Waals surface area contributed by atoms with E-state index in [-0.39, 0.29) is 18.0 Å². The van der Waals surface area contributed by atoms with Crippen molar-refractivity contribution in [1.29, 1.82) is 0 Å². The summed E-state index contributed by atoms with van der Waals surface area (Å²) >= 11 is 0. The first kappa shape index (κ1) is 21.3. The molecule has 1 amide bonds. The molecule has 3 aromatic heterocycles. The summed E-state index contributed by atoms with van der Waals surface area (Å²) in [7, 11) is 1.77. The fourth-order valence-corrected chi connectivity index (χ4v) is 4.97. The van der Waals surface area contributed by atoms with Crippen molar-refractivity contribution >= 4 is 16.9 Å². The van der Waals surface area contributed by atoms with E-state index < -0.39 is 11.6 Å². The predicted molar refractivity (Wildman–Crippen MR) is 120 cm³/mol. The molecule has 6 nitrogen and oxygen atoms in total. The lowest BCUT2D eigenvalue weighted by atomic mass is 9.87. The third-order valence-electron chi connectivity index (χ3n) is 6.45. The third kappa shape index (κ3) is 3.50. The number of rotatable bonds is 4. The van der Waals surface area contributed by atoms with Gasteiger partial charge in [0, 0.05) is 47.9 Å². The molecule has 0 N–H and O–H groups in total. The fourth-order valence-electron chi connectivity index (χ4n) is 4.97. The standard InChI is InChI=1S/C25H24F2N4O2/c1-4-18-11-19-23(29-30(3)24(19)15-8-16(26)10-17(27)9-15)21(5-2)31(18)25(32)20-12-22-14(13-28-20)6-7-33-22/h6-10,12-13,18,21H,4-5,11H2,1-3H3. The first-order valence-electron chi connectivity index (χ1n) is 11.1. The third-order valence-corrected chi connectivity index (χ3v) is 6.45. The maximum absolute atomic E-state index is 14.0. The molecule has 2 unspecified atom stereocenters. The van der Waals surface area contributed by atoms with Crippen LogP contribution >= 0.6 is 0 Å². The molecular formula is C25H24F2N4O2. The first-order valence-corrected chi connectivity index (χ1v) is 11.1. The van der Waals surface area contributed by atoms with E-state index in [0.29, 0.717) is 35.4 Å². The average molecular weight is 450 g/mol. The van der Waals surface area contributed by atoms with Crippen molar-refractivity contribution in [3.05, 3.63) is 71.4 Å². The normalized spacial score (nSPS) is 18.0. The molecule has 0 aliphatic carbocycles. The number of halogens is 2. The summed E-state index contributed by atoms with van der Waals surface area (Å²) in [6.07, 6.45) is 5.12. The molecule has 1 aliphatic rings. The Kier molecular flexibility index (Phi) is 5.23. The average Bonchev–Trinajstić information content (AvgIpc) is 3.39. The molecule has 4 heterocycles. The van der Waals surface area contributed by atoms with Gasteiger partial charge in [-0.15, -0.1) is 0 Å². The first-order chi connectivity index (χ1) is 15.9. The van der Waals surface area contributed by atoms with Crippen molar-refractivity contribution in [3.63, 3.8) is 0 Å². The van der Waals surface area contributed by atoms with Crippen LogP contribution < -0.4 is 0 Å². The number of amides is 1. The van der Waals surface area contributed by atoms with E-state index in [4.69, 9.17) is 9.52 Å². The van der Waals surface area contributed by atoms with Gasteiger partial charge in [0.1, 0.15) is 22.9 Å². The van der Waals surface area contributed by atoms with E-state index in [1.54, 1.807) is 36.3 Å². The van der Waals surface area contributed by atoms with Gasteiger partial charge in [-0.3, -0.25) is 14.5 Å². The van der Waals surface area contributed by atoms with Crippen LogP contribution in [0.2, 0.25) is 0 Å². The van der Waals surface area contributed by atoms with Crippen LogP contribution in [-0.4, -0.2) is 31.6 Å². The maximum atomic E-state index is 14.0. The van der Waals surface area contributed by atoms with Gasteiger partial charge in [-0.25, -0.2) is 8.78 Å². The monoisotopic (exact) mass is 450 g/mol. The summed E-state index contributed by atoms with van der Waals surface area (Å²) in [5, 5.41) is 5.55. The van der Waals surface area contributed by atoms with Crippen molar-refractivity contribution in [2.24, 2.45) is 7.05 Å². The number of aryl methyl sites for hydroxylation is 1. The Morgan fingerprint density at radius 3 is 2.61 bits per heavy atom. The molecule has 170 valence electrons. The molecule has 0 bridgehead atoms. The van der Waals surface area contributed by atoms with E-state index in [1.165, 1.54) is 12.1 Å². The van der Waals surface area contributed by atoms with Crippen LogP contribution in [0, 0.1) is 11.6 Å². The van der Waals surface area contributed by atoms with E-state index in [0.717, 1.165) is 29.1 Å². The van der Waals surface area contributed by atoms with Gasteiger partial charge in [-0.2, -0.15) is 5.10 Å². The molecule has 0 saturated heterocycles. The van der Waals surface area contributed by atoms with Gasteiger partial charge in [-0.05, 0) is 37.5 Å². The molecule has 1 aliphatic heterocycles. The SMILES string of the molecule is CCC1Cc2c(nn(C)c2-c2cc(F)cc(F)c2)C(CC)N1C(=O)c1cc2occc2cn1. The summed E-state index contributed by atoms with van der Waals surface area (Å²) in [5.74, 6) is -1.45. The lowest BCUT2D eigenvalue weighted by molar-refractivity contribution is 0.0507. The van der Waals surface area contributed by atoms with Gasteiger partial charge in [0.2, 0.25) is 0 Å². The smallest absolute Gasteiger partial charge is 0.273 e. The zero-order valence-corrected chi connectivity index (χ0v) is 18.7. The van der Waals surface area contributed by atoms with Gasteiger partial charge in [0.05, 0.1) is 23.7 Å². The summed E-state index contributed by atoms with van der Waals surface area (Å²) < 4.78 is 35.1. The Morgan fingerprint density at radius 2 is 1.91 bits per heavy atom. The van der Waals surface area contributed by atoms with Gasteiger partial charge in [-0.1, -0.05) is 13.8 Å². The molecule has 2 atom stereocenters. The van der Waals surface area contributed by atoms with Gasteiger partial charge in [0.15, 0.2) is 0 Å². The summed E-state index contributed by atoms with van der Waals surface area (Å²) in [6.45, 7) is 4.04. The highest BCUT2D eigenvalue weighted by Gasteiger charge is 2.40. The Labute approximate surface area is 189 Å². The van der Waals surface area contributed by atoms with E-state index in [2.05, 4.69) is 4.98 Å². The number of nitrogens with zero attached hydrogens (tertiary/aromatic N) is 4. The minimum atomic E-state index is -0.633. The lowest BCUT2D eigenvalue weighted by Crippen LogP contribution is -2.47. The largest absolute Gasteiger partial charge is 0.464 e. The molecule has 4 aromatic rings. The molecule has 0 fully saturated rings. The number of carbonyl (C=O) groups excluding carboxylic acids is 1. The molecular weight excluding hydrogens is 426 g/mol. The predicted octanol–water partition coefficient (Wildman–Crippen LogP) is 5.43. The molecule has 0 saturated carbocycles. The number of hydrogen-bond donors (Lipinski definition) is 0. The second-order valence-electron chi connectivity index (χ2n) is 8.42. The highest BCUT2D eigenvalue weighted by atomic mass is 19.1. The molecule has 1 aromatic carbocycles. The number of pyridine rings is 1. The van der Waals surface area contributed by atoms with Crippen LogP contribution in [0.25, 0.3) is 22.2 Å². The Balaban J connectivity index is 1.60. The molecule has 0 spiro atoms. The highest BCUT2D eigenvalue weighted by molar-refractivity contribution is 5.96. The summed E-state index contributed by atoms with van der Waals surface area (Å²) in [4.78, 5) is 19.9. The maximum Gasteiger partial charge on any atom is 0.273 e. The van der Waals surface area contributed by atoms with Crippen LogP contribution in [0.5, 0.6) is 0 Å². The van der Waals surface area contributed by atoms with Crippen molar-refractivity contribution in [1.82, 2.24) is 19.7 Å². The minimum absolute atomic E-state index is 0.106. The zero-order valence-electron chi connectivity index (χ0n) is 18.7. The van der Waals surface area contributed by atoms with Crippen molar-refractivity contribution in [3.8, 4) is 11.3 Å². The van der Waals surface area contributed by atoms with Crippen LogP contribution in [-0.2, 0) is 13.5 Å². The van der Waals surface area contributed by atoms with Crippen LogP contribution in [0.4, 0.5) is 8.78 Å². The molecule has 5 rings (SSSR count). The number of fused-ring (bicyclic) bond motifs is 2. The van der Waals surface area contributed by atoms with Gasteiger partial charge < -0.3 is 9.32 Å². The van der Waals surface area contributed by atoms with Crippen molar-refractivity contribution < 1.29 is 18.0 Å². The summed E-state index contributed by atoms with van der Waals surface area (Å²) in [5.41, 5.74) is 3.75. The number of benzene rings is 1. The second-order valence-corrected chi connectivity index (χ2v) is 8.42. The van der Waals surface area contributed by atoms with Crippen molar-refractivity contribution in [2.75, 3.05) is 0 Å². The minimum Gasteiger partial charge on any atom is -0.464 e. The van der Waals surface area contributed by atoms with Crippen LogP contribution in [0.3, 0.4) is 0 Å². The van der Waals surface area contributed by atoms with Crippen LogP contribution in [0.1, 0.15) is 54.5 Å². The molecule has 0 radical (unpaired) electrons. The Hall–Kier alpha value is -3.55. The number of furan rings is 1. The number of hydrogen-bond acceptors (Lipinski definition) is 4. The lowest BCUT2D eigenvalue weighted by Gasteiger charge is -2.41. The fraction of sp³-hybridized carbons (Fsp3) is 0.320.